The highest BCUT2D eigenvalue weighted by molar-refractivity contribution is 5.92. The van der Waals surface area contributed by atoms with Gasteiger partial charge in [-0.3, -0.25) is 9.89 Å². The van der Waals surface area contributed by atoms with Crippen molar-refractivity contribution in [3.05, 3.63) is 17.5 Å². The van der Waals surface area contributed by atoms with Crippen molar-refractivity contribution in [2.75, 3.05) is 6.54 Å². The number of nitrogens with one attached hydrogen (secondary N) is 2. The number of carbonyl (C=O) groups is 1. The number of hydrogen-bond acceptors (Lipinski definition) is 2. The Morgan fingerprint density at radius 2 is 2.36 bits per heavy atom. The van der Waals surface area contributed by atoms with Crippen LogP contribution in [0.4, 0.5) is 0 Å². The van der Waals surface area contributed by atoms with E-state index in [0.29, 0.717) is 18.2 Å². The van der Waals surface area contributed by atoms with E-state index in [1.165, 1.54) is 0 Å². The number of amides is 1. The van der Waals surface area contributed by atoms with Crippen molar-refractivity contribution >= 4 is 5.91 Å². The summed E-state index contributed by atoms with van der Waals surface area (Å²) in [4.78, 5) is 11.4. The molecule has 2 N–H and O–H groups in total. The summed E-state index contributed by atoms with van der Waals surface area (Å²) in [7, 11) is 0. The standard InChI is InChI=1S/C10H17N3O/c1-7(2)4-5-11-10(14)9-6-8(3)12-13-9/h6-7H,4-5H2,1-3H3,(H,11,14)(H,12,13). The zero-order valence-electron chi connectivity index (χ0n) is 8.92. The monoisotopic (exact) mass is 195 g/mol. The van der Waals surface area contributed by atoms with Crippen LogP contribution < -0.4 is 5.32 Å². The largest absolute Gasteiger partial charge is 0.351 e. The smallest absolute Gasteiger partial charge is 0.271 e. The molecule has 4 nitrogen and oxygen atoms in total. The van der Waals surface area contributed by atoms with Crippen LogP contribution in [0.15, 0.2) is 6.07 Å². The first kappa shape index (κ1) is 10.8. The van der Waals surface area contributed by atoms with E-state index in [0.717, 1.165) is 12.1 Å². The van der Waals surface area contributed by atoms with Crippen LogP contribution >= 0.6 is 0 Å². The summed E-state index contributed by atoms with van der Waals surface area (Å²) in [5.74, 6) is 0.506. The maximum Gasteiger partial charge on any atom is 0.271 e. The Kier molecular flexibility index (Phi) is 3.68. The Bertz CT molecular complexity index is 304. The lowest BCUT2D eigenvalue weighted by Gasteiger charge is -2.04. The average Bonchev–Trinajstić information content (AvgIpc) is 2.51. The molecule has 4 heteroatoms. The lowest BCUT2D eigenvalue weighted by Crippen LogP contribution is -2.25. The quantitative estimate of drug-likeness (QED) is 0.764. The zero-order valence-corrected chi connectivity index (χ0v) is 8.92. The third-order valence-corrected chi connectivity index (χ3v) is 1.95. The molecule has 1 aromatic rings. The van der Waals surface area contributed by atoms with Gasteiger partial charge in [0.15, 0.2) is 0 Å². The number of rotatable bonds is 4. The van der Waals surface area contributed by atoms with Gasteiger partial charge in [-0.15, -0.1) is 0 Å². The van der Waals surface area contributed by atoms with Gasteiger partial charge in [-0.1, -0.05) is 13.8 Å². The molecule has 0 aliphatic rings. The van der Waals surface area contributed by atoms with E-state index >= 15 is 0 Å². The van der Waals surface area contributed by atoms with Crippen LogP contribution in [0.1, 0.15) is 36.5 Å². The Balaban J connectivity index is 2.36. The van der Waals surface area contributed by atoms with Crippen LogP contribution in [-0.4, -0.2) is 22.6 Å². The first-order valence-electron chi connectivity index (χ1n) is 4.90. The van der Waals surface area contributed by atoms with Gasteiger partial charge in [-0.2, -0.15) is 5.10 Å². The fourth-order valence-corrected chi connectivity index (χ4v) is 1.10. The number of aryl methyl sites for hydroxylation is 1. The van der Waals surface area contributed by atoms with E-state index in [9.17, 15) is 4.79 Å². The fraction of sp³-hybridized carbons (Fsp3) is 0.600. The average molecular weight is 195 g/mol. The van der Waals surface area contributed by atoms with Gasteiger partial charge < -0.3 is 5.32 Å². The van der Waals surface area contributed by atoms with Gasteiger partial charge in [-0.05, 0) is 25.3 Å². The van der Waals surface area contributed by atoms with Gasteiger partial charge in [0.1, 0.15) is 5.69 Å². The van der Waals surface area contributed by atoms with Gasteiger partial charge in [0.2, 0.25) is 0 Å². The Hall–Kier alpha value is -1.32. The highest BCUT2D eigenvalue weighted by Gasteiger charge is 2.07. The molecule has 0 aliphatic carbocycles. The number of aromatic nitrogens is 2. The molecule has 0 bridgehead atoms. The van der Waals surface area contributed by atoms with Gasteiger partial charge in [-0.25, -0.2) is 0 Å². The van der Waals surface area contributed by atoms with Crippen molar-refractivity contribution < 1.29 is 4.79 Å². The van der Waals surface area contributed by atoms with Crippen molar-refractivity contribution in [1.29, 1.82) is 0 Å². The molecular weight excluding hydrogens is 178 g/mol. The molecule has 1 rings (SSSR count). The second kappa shape index (κ2) is 4.79. The van der Waals surface area contributed by atoms with Crippen LogP contribution in [0.5, 0.6) is 0 Å². The predicted octanol–water partition coefficient (Wildman–Crippen LogP) is 1.49. The van der Waals surface area contributed by atoms with Gasteiger partial charge in [0.25, 0.3) is 5.91 Å². The van der Waals surface area contributed by atoms with E-state index in [2.05, 4.69) is 29.4 Å². The third-order valence-electron chi connectivity index (χ3n) is 1.95. The third kappa shape index (κ3) is 3.20. The van der Waals surface area contributed by atoms with E-state index in [1.807, 2.05) is 6.92 Å². The maximum absolute atomic E-state index is 11.4. The van der Waals surface area contributed by atoms with Gasteiger partial charge in [0, 0.05) is 12.2 Å². The normalized spacial score (nSPS) is 10.6. The molecule has 14 heavy (non-hydrogen) atoms. The predicted molar refractivity (Wildman–Crippen MR) is 55.1 cm³/mol. The summed E-state index contributed by atoms with van der Waals surface area (Å²) in [6.07, 6.45) is 0.995. The second-order valence-electron chi connectivity index (χ2n) is 3.87. The zero-order chi connectivity index (χ0) is 10.6. The molecule has 0 spiro atoms. The minimum atomic E-state index is -0.102. The van der Waals surface area contributed by atoms with E-state index < -0.39 is 0 Å². The summed E-state index contributed by atoms with van der Waals surface area (Å²) in [5.41, 5.74) is 1.37. The summed E-state index contributed by atoms with van der Waals surface area (Å²) in [5, 5.41) is 9.44. The van der Waals surface area contributed by atoms with Crippen molar-refractivity contribution in [1.82, 2.24) is 15.5 Å². The SMILES string of the molecule is Cc1cc(C(=O)NCCC(C)C)n[nH]1. The molecule has 0 saturated heterocycles. The molecule has 0 saturated carbocycles. The van der Waals surface area contributed by atoms with E-state index in [4.69, 9.17) is 0 Å². The molecule has 78 valence electrons. The molecule has 0 radical (unpaired) electrons. The molecule has 0 aromatic carbocycles. The van der Waals surface area contributed by atoms with Crippen LogP contribution in [0.25, 0.3) is 0 Å². The number of H-pyrrole nitrogens is 1. The summed E-state index contributed by atoms with van der Waals surface area (Å²) >= 11 is 0. The Morgan fingerprint density at radius 3 is 2.86 bits per heavy atom. The van der Waals surface area contributed by atoms with Crippen molar-refractivity contribution in [2.24, 2.45) is 5.92 Å². The topological polar surface area (TPSA) is 57.8 Å². The number of hydrogen-bond donors (Lipinski definition) is 2. The molecule has 0 fully saturated rings. The summed E-state index contributed by atoms with van der Waals surface area (Å²) < 4.78 is 0. The van der Waals surface area contributed by atoms with E-state index in [-0.39, 0.29) is 5.91 Å². The molecule has 1 heterocycles. The molecule has 0 atom stereocenters. The highest BCUT2D eigenvalue weighted by atomic mass is 16.1. The first-order valence-corrected chi connectivity index (χ1v) is 4.90. The van der Waals surface area contributed by atoms with Gasteiger partial charge in [0.05, 0.1) is 0 Å². The highest BCUT2D eigenvalue weighted by Crippen LogP contribution is 1.99. The minimum Gasteiger partial charge on any atom is -0.351 e. The number of aromatic amines is 1. The lowest BCUT2D eigenvalue weighted by molar-refractivity contribution is 0.0947. The van der Waals surface area contributed by atoms with Crippen LogP contribution in [-0.2, 0) is 0 Å². The summed E-state index contributed by atoms with van der Waals surface area (Å²) in [6.45, 7) is 6.84. The lowest BCUT2D eigenvalue weighted by atomic mass is 10.1. The number of nitrogens with zero attached hydrogens (tertiary/aromatic N) is 1. The van der Waals surface area contributed by atoms with Crippen molar-refractivity contribution in [3.8, 4) is 0 Å². The first-order chi connectivity index (χ1) is 6.59. The molecule has 1 amide bonds. The van der Waals surface area contributed by atoms with Gasteiger partial charge >= 0.3 is 0 Å². The molecule has 0 aliphatic heterocycles. The second-order valence-corrected chi connectivity index (χ2v) is 3.87. The Labute approximate surface area is 84.1 Å². The number of carbonyl (C=O) groups excluding carboxylic acids is 1. The summed E-state index contributed by atoms with van der Waals surface area (Å²) in [6, 6.07) is 1.74. The van der Waals surface area contributed by atoms with Crippen LogP contribution in [0.3, 0.4) is 0 Å². The minimum absolute atomic E-state index is 0.102. The molecule has 1 aromatic heterocycles. The van der Waals surface area contributed by atoms with Crippen molar-refractivity contribution in [3.63, 3.8) is 0 Å². The van der Waals surface area contributed by atoms with Crippen molar-refractivity contribution in [2.45, 2.75) is 27.2 Å². The van der Waals surface area contributed by atoms with Crippen LogP contribution in [0, 0.1) is 12.8 Å². The van der Waals surface area contributed by atoms with E-state index in [1.54, 1.807) is 6.07 Å². The van der Waals surface area contributed by atoms with Crippen LogP contribution in [0.2, 0.25) is 0 Å². The maximum atomic E-state index is 11.4. The molecule has 0 unspecified atom stereocenters. The fourth-order valence-electron chi connectivity index (χ4n) is 1.10. The molecular formula is C10H17N3O. The Morgan fingerprint density at radius 1 is 1.64 bits per heavy atom.